The van der Waals surface area contributed by atoms with Gasteiger partial charge in [-0.25, -0.2) is 0 Å². The molecule has 1 N–H and O–H groups in total. The van der Waals surface area contributed by atoms with Gasteiger partial charge in [0.15, 0.2) is 0 Å². The minimum absolute atomic E-state index is 0.0530. The Morgan fingerprint density at radius 3 is 2.56 bits per heavy atom. The summed E-state index contributed by atoms with van der Waals surface area (Å²) in [7, 11) is 1.85. The van der Waals surface area contributed by atoms with E-state index >= 15 is 0 Å². The summed E-state index contributed by atoms with van der Waals surface area (Å²) >= 11 is 0. The Morgan fingerprint density at radius 2 is 1.83 bits per heavy atom. The standard InChI is InChI=1S/C14H12BN2O/c1-15-17-13-9-11(10-5-3-2-4-6-10)7-8-12(13)14(18)16-17/h2-9H,1H3,(H,16,18). The lowest BCUT2D eigenvalue weighted by Gasteiger charge is -2.03. The van der Waals surface area contributed by atoms with Crippen molar-refractivity contribution in [2.75, 3.05) is 0 Å². The van der Waals surface area contributed by atoms with E-state index in [-0.39, 0.29) is 5.56 Å². The highest BCUT2D eigenvalue weighted by atomic mass is 16.1. The van der Waals surface area contributed by atoms with Crippen molar-refractivity contribution >= 4 is 18.3 Å². The zero-order chi connectivity index (χ0) is 12.5. The summed E-state index contributed by atoms with van der Waals surface area (Å²) in [5, 5.41) is 3.50. The van der Waals surface area contributed by atoms with E-state index in [4.69, 9.17) is 0 Å². The highest BCUT2D eigenvalue weighted by Crippen LogP contribution is 2.22. The van der Waals surface area contributed by atoms with Crippen molar-refractivity contribution in [1.29, 1.82) is 0 Å². The number of fused-ring (bicyclic) bond motifs is 1. The zero-order valence-corrected chi connectivity index (χ0v) is 10.1. The smallest absolute Gasteiger partial charge is 0.274 e. The van der Waals surface area contributed by atoms with E-state index in [0.29, 0.717) is 5.39 Å². The first-order chi connectivity index (χ1) is 8.79. The van der Waals surface area contributed by atoms with Gasteiger partial charge in [0.1, 0.15) is 0 Å². The van der Waals surface area contributed by atoms with E-state index in [1.807, 2.05) is 50.6 Å². The molecule has 0 fully saturated rings. The van der Waals surface area contributed by atoms with E-state index in [1.54, 1.807) is 4.59 Å². The van der Waals surface area contributed by atoms with Crippen molar-refractivity contribution < 1.29 is 0 Å². The maximum absolute atomic E-state index is 11.7. The van der Waals surface area contributed by atoms with Crippen LogP contribution in [0.2, 0.25) is 6.82 Å². The molecule has 0 unspecified atom stereocenters. The lowest BCUT2D eigenvalue weighted by molar-refractivity contribution is 0.980. The Kier molecular flexibility index (Phi) is 2.56. The van der Waals surface area contributed by atoms with Gasteiger partial charge < -0.3 is 4.59 Å². The van der Waals surface area contributed by atoms with Gasteiger partial charge >= 0.3 is 0 Å². The molecular weight excluding hydrogens is 223 g/mol. The monoisotopic (exact) mass is 235 g/mol. The average molecular weight is 235 g/mol. The van der Waals surface area contributed by atoms with Crippen LogP contribution in [0.15, 0.2) is 53.3 Å². The molecule has 0 amide bonds. The van der Waals surface area contributed by atoms with Crippen LogP contribution in [0.3, 0.4) is 0 Å². The van der Waals surface area contributed by atoms with E-state index in [2.05, 4.69) is 17.2 Å². The summed E-state index contributed by atoms with van der Waals surface area (Å²) in [6.07, 6.45) is 0. The van der Waals surface area contributed by atoms with E-state index in [1.165, 1.54) is 0 Å². The fourth-order valence-corrected chi connectivity index (χ4v) is 2.17. The molecule has 1 aromatic heterocycles. The first-order valence-electron chi connectivity index (χ1n) is 5.89. The summed E-state index contributed by atoms with van der Waals surface area (Å²) in [5.74, 6) is 0. The number of aromatic amines is 1. The molecule has 2 aromatic carbocycles. The molecule has 3 nitrogen and oxygen atoms in total. The molecule has 0 aliphatic heterocycles. The van der Waals surface area contributed by atoms with Gasteiger partial charge in [0.05, 0.1) is 10.9 Å². The summed E-state index contributed by atoms with van der Waals surface area (Å²) in [6.45, 7) is 1.89. The Labute approximate surface area is 105 Å². The molecule has 0 saturated carbocycles. The fraction of sp³-hybridized carbons (Fsp3) is 0.0714. The molecule has 0 aliphatic carbocycles. The molecule has 3 aromatic rings. The van der Waals surface area contributed by atoms with Crippen molar-refractivity contribution in [1.82, 2.24) is 9.69 Å². The predicted molar refractivity (Wildman–Crippen MR) is 75.0 cm³/mol. The van der Waals surface area contributed by atoms with Crippen LogP contribution in [0, 0.1) is 0 Å². The molecule has 18 heavy (non-hydrogen) atoms. The second-order valence-electron chi connectivity index (χ2n) is 4.17. The number of rotatable bonds is 2. The van der Waals surface area contributed by atoms with Gasteiger partial charge in [-0.3, -0.25) is 9.89 Å². The normalized spacial score (nSPS) is 10.7. The summed E-state index contributed by atoms with van der Waals surface area (Å²) in [6, 6.07) is 16.0. The Hall–Kier alpha value is -2.23. The van der Waals surface area contributed by atoms with E-state index < -0.39 is 0 Å². The summed E-state index contributed by atoms with van der Waals surface area (Å²) in [5.41, 5.74) is 3.11. The van der Waals surface area contributed by atoms with Crippen LogP contribution in [0.1, 0.15) is 0 Å². The van der Waals surface area contributed by atoms with Gasteiger partial charge in [-0.1, -0.05) is 43.2 Å². The topological polar surface area (TPSA) is 37.8 Å². The Bertz CT molecular complexity index is 743. The SMILES string of the molecule is C[B]n1[nH]c(=O)c2ccc(-c3ccccc3)cc21. The molecule has 0 spiro atoms. The minimum Gasteiger partial charge on any atom is -0.336 e. The fourth-order valence-electron chi connectivity index (χ4n) is 2.17. The average Bonchev–Trinajstić information content (AvgIpc) is 2.76. The van der Waals surface area contributed by atoms with Gasteiger partial charge in [-0.2, -0.15) is 0 Å². The van der Waals surface area contributed by atoms with Gasteiger partial charge in [-0.15, -0.1) is 0 Å². The third kappa shape index (κ3) is 1.66. The van der Waals surface area contributed by atoms with Gasteiger partial charge in [0.25, 0.3) is 13.0 Å². The van der Waals surface area contributed by atoms with Gasteiger partial charge in [-0.05, 0) is 23.3 Å². The summed E-state index contributed by atoms with van der Waals surface area (Å²) in [4.78, 5) is 11.7. The van der Waals surface area contributed by atoms with E-state index in [0.717, 1.165) is 16.6 Å². The minimum atomic E-state index is -0.0530. The van der Waals surface area contributed by atoms with Gasteiger partial charge in [0, 0.05) is 0 Å². The summed E-state index contributed by atoms with van der Waals surface area (Å²) < 4.78 is 1.75. The van der Waals surface area contributed by atoms with Crippen LogP contribution in [0.25, 0.3) is 22.0 Å². The van der Waals surface area contributed by atoms with Crippen LogP contribution >= 0.6 is 0 Å². The first kappa shape index (κ1) is 10.9. The highest BCUT2D eigenvalue weighted by molar-refractivity contribution is 6.33. The molecule has 0 saturated heterocycles. The predicted octanol–water partition coefficient (Wildman–Crippen LogP) is 2.51. The van der Waals surface area contributed by atoms with Crippen LogP contribution in [0.4, 0.5) is 0 Å². The van der Waals surface area contributed by atoms with Crippen molar-refractivity contribution in [3.8, 4) is 11.1 Å². The lowest BCUT2D eigenvalue weighted by Crippen LogP contribution is -2.08. The van der Waals surface area contributed by atoms with Crippen molar-refractivity contribution in [2.24, 2.45) is 0 Å². The Balaban J connectivity index is 2.25. The van der Waals surface area contributed by atoms with Crippen LogP contribution in [-0.2, 0) is 0 Å². The van der Waals surface area contributed by atoms with Crippen LogP contribution in [0.5, 0.6) is 0 Å². The molecule has 0 atom stereocenters. The second-order valence-corrected chi connectivity index (χ2v) is 4.17. The largest absolute Gasteiger partial charge is 0.336 e. The molecule has 87 valence electrons. The number of nitrogens with zero attached hydrogens (tertiary/aromatic N) is 1. The van der Waals surface area contributed by atoms with Crippen molar-refractivity contribution in [2.45, 2.75) is 6.82 Å². The van der Waals surface area contributed by atoms with E-state index in [9.17, 15) is 4.79 Å². The Morgan fingerprint density at radius 1 is 1.06 bits per heavy atom. The third-order valence-corrected chi connectivity index (χ3v) is 3.09. The van der Waals surface area contributed by atoms with Crippen LogP contribution in [-0.4, -0.2) is 17.1 Å². The first-order valence-corrected chi connectivity index (χ1v) is 5.89. The molecule has 0 bridgehead atoms. The van der Waals surface area contributed by atoms with Gasteiger partial charge in [0.2, 0.25) is 0 Å². The third-order valence-electron chi connectivity index (χ3n) is 3.09. The number of hydrogen-bond acceptors (Lipinski definition) is 1. The molecule has 3 rings (SSSR count). The number of H-pyrrole nitrogens is 1. The van der Waals surface area contributed by atoms with Crippen LogP contribution < -0.4 is 5.56 Å². The number of benzene rings is 2. The van der Waals surface area contributed by atoms with Crippen molar-refractivity contribution in [3.63, 3.8) is 0 Å². The molecule has 0 aliphatic rings. The second kappa shape index (κ2) is 4.22. The zero-order valence-electron chi connectivity index (χ0n) is 10.1. The number of nitrogens with one attached hydrogen (secondary N) is 1. The maximum atomic E-state index is 11.7. The quantitative estimate of drug-likeness (QED) is 0.681. The number of hydrogen-bond donors (Lipinski definition) is 1. The molecule has 1 heterocycles. The maximum Gasteiger partial charge on any atom is 0.274 e. The highest BCUT2D eigenvalue weighted by Gasteiger charge is 2.07. The van der Waals surface area contributed by atoms with Crippen molar-refractivity contribution in [3.05, 3.63) is 58.9 Å². The lowest BCUT2D eigenvalue weighted by atomic mass is 9.99. The molecule has 1 radical (unpaired) electrons. The molecular formula is C14H12BN2O. The molecule has 4 heteroatoms. The number of aromatic nitrogens is 2.